The van der Waals surface area contributed by atoms with Gasteiger partial charge in [-0.05, 0) is 148 Å². The van der Waals surface area contributed by atoms with Crippen LogP contribution in [0.3, 0.4) is 0 Å². The van der Waals surface area contributed by atoms with Gasteiger partial charge in [0.2, 0.25) is 0 Å². The Morgan fingerprint density at radius 2 is 0.434 bits per heavy atom. The molecule has 0 amide bonds. The Kier molecular flexibility index (Phi) is 64.9. The summed E-state index contributed by atoms with van der Waals surface area (Å²) in [5.41, 5.74) is 0. The lowest BCUT2D eigenvalue weighted by molar-refractivity contribution is -0.167. The highest BCUT2D eigenvalue weighted by atomic mass is 16.6. The summed E-state index contributed by atoms with van der Waals surface area (Å²) in [5.74, 6) is -0.935. The first kappa shape index (κ1) is 77.8. The van der Waals surface area contributed by atoms with Crippen molar-refractivity contribution in [2.75, 3.05) is 13.2 Å². The van der Waals surface area contributed by atoms with Gasteiger partial charge >= 0.3 is 17.9 Å². The monoisotopic (exact) mass is 1140 g/mol. The Hall–Kier alpha value is -5.23. The summed E-state index contributed by atoms with van der Waals surface area (Å²) in [5, 5.41) is 0. The molecule has 1 unspecified atom stereocenters. The predicted octanol–water partition coefficient (Wildman–Crippen LogP) is 23.4. The zero-order chi connectivity index (χ0) is 59.9. The molecule has 0 aliphatic carbocycles. The molecule has 466 valence electrons. The Morgan fingerprint density at radius 1 is 0.241 bits per heavy atom. The number of carbonyl (C=O) groups excluding carboxylic acids is 3. The van der Waals surface area contributed by atoms with Crippen molar-refractivity contribution in [3.8, 4) is 0 Å². The molecule has 0 aliphatic heterocycles. The Balaban J connectivity index is 4.35. The number of unbranched alkanes of at least 4 members (excludes halogenated alkanes) is 20. The summed E-state index contributed by atoms with van der Waals surface area (Å²) in [4.78, 5) is 38.4. The molecule has 6 heteroatoms. The van der Waals surface area contributed by atoms with Crippen LogP contribution in [-0.2, 0) is 28.6 Å². The maximum atomic E-state index is 12.9. The number of hydrogen-bond donors (Lipinski definition) is 0. The fourth-order valence-electron chi connectivity index (χ4n) is 8.78. The van der Waals surface area contributed by atoms with Gasteiger partial charge < -0.3 is 14.2 Å². The molecular weight excluding hydrogens is 1020 g/mol. The number of hydrogen-bond acceptors (Lipinski definition) is 6. The zero-order valence-electron chi connectivity index (χ0n) is 53.4. The van der Waals surface area contributed by atoms with Gasteiger partial charge in [0, 0.05) is 19.3 Å². The smallest absolute Gasteiger partial charge is 0.306 e. The van der Waals surface area contributed by atoms with E-state index in [0.717, 1.165) is 180 Å². The van der Waals surface area contributed by atoms with Crippen LogP contribution in [0.15, 0.2) is 170 Å². The van der Waals surface area contributed by atoms with Crippen molar-refractivity contribution in [2.45, 2.75) is 284 Å². The second-order valence-electron chi connectivity index (χ2n) is 21.6. The SMILES string of the molecule is CC/C=C\C/C=C\C/C=C\C/C=C\C/C=C\C/C=C\C/C=C\C/C=C\CCCCCCCCCCC(=O)OCC(COC(=O)CCCCCCC/C=C\C/C=C\C/C=C\CC)OC(=O)CCCCCCCCC/C=C\C/C=C\C/C=C\CC. The molecule has 0 aliphatic rings. The lowest BCUT2D eigenvalue weighted by atomic mass is 10.1. The Bertz CT molecular complexity index is 1890. The predicted molar refractivity (Wildman–Crippen MR) is 361 cm³/mol. The van der Waals surface area contributed by atoms with Crippen LogP contribution < -0.4 is 0 Å². The van der Waals surface area contributed by atoms with Crippen molar-refractivity contribution in [3.63, 3.8) is 0 Å². The highest BCUT2D eigenvalue weighted by Crippen LogP contribution is 2.15. The third kappa shape index (κ3) is 67.4. The molecule has 0 saturated heterocycles. The number of rotatable bonds is 59. The molecule has 0 aromatic carbocycles. The molecule has 6 nitrogen and oxygen atoms in total. The van der Waals surface area contributed by atoms with E-state index in [2.05, 4.69) is 191 Å². The number of allylic oxidation sites excluding steroid dienone is 28. The average Bonchev–Trinajstić information content (AvgIpc) is 3.49. The van der Waals surface area contributed by atoms with Crippen LogP contribution in [0.5, 0.6) is 0 Å². The van der Waals surface area contributed by atoms with E-state index in [1.165, 1.54) is 57.8 Å². The van der Waals surface area contributed by atoms with Gasteiger partial charge in [-0.25, -0.2) is 0 Å². The van der Waals surface area contributed by atoms with Crippen LogP contribution in [0.25, 0.3) is 0 Å². The van der Waals surface area contributed by atoms with Crippen LogP contribution >= 0.6 is 0 Å². The summed E-state index contributed by atoms with van der Waals surface area (Å²) >= 11 is 0. The summed E-state index contributed by atoms with van der Waals surface area (Å²) < 4.78 is 16.9. The largest absolute Gasteiger partial charge is 0.462 e. The second-order valence-corrected chi connectivity index (χ2v) is 21.6. The molecule has 0 rings (SSSR count). The van der Waals surface area contributed by atoms with Crippen molar-refractivity contribution in [2.24, 2.45) is 0 Å². The molecule has 0 fully saturated rings. The van der Waals surface area contributed by atoms with Gasteiger partial charge in [0.05, 0.1) is 0 Å². The average molecular weight is 1140 g/mol. The van der Waals surface area contributed by atoms with E-state index >= 15 is 0 Å². The Morgan fingerprint density at radius 3 is 0.675 bits per heavy atom. The van der Waals surface area contributed by atoms with Crippen molar-refractivity contribution in [1.29, 1.82) is 0 Å². The highest BCUT2D eigenvalue weighted by Gasteiger charge is 2.19. The van der Waals surface area contributed by atoms with Crippen LogP contribution in [0.2, 0.25) is 0 Å². The molecule has 0 spiro atoms. The quantitative estimate of drug-likeness (QED) is 0.0261. The molecule has 0 radical (unpaired) electrons. The van der Waals surface area contributed by atoms with Gasteiger partial charge in [-0.3, -0.25) is 14.4 Å². The maximum absolute atomic E-state index is 12.9. The minimum Gasteiger partial charge on any atom is -0.462 e. The van der Waals surface area contributed by atoms with Crippen molar-refractivity contribution in [3.05, 3.63) is 170 Å². The molecule has 0 aromatic heterocycles. The third-order valence-corrected chi connectivity index (χ3v) is 13.7. The zero-order valence-corrected chi connectivity index (χ0v) is 53.4. The standard InChI is InChI=1S/C77H122O6/c1-4-7-10-13-16-19-22-25-28-30-31-32-33-34-35-36-37-38-39-40-41-42-43-44-45-47-49-52-55-58-61-64-67-70-76(79)82-73-74(72-81-75(78)69-66-63-60-57-54-51-48-27-24-21-18-15-12-9-6-3)83-77(80)71-68-65-62-59-56-53-50-46-29-26-23-20-17-14-11-8-5-2/h7-12,16-21,25-29,31-32,34-35,37-38,40-41,43-44,48,74H,4-6,13-15,22-24,30,33,36,39,42,45-47,49-73H2,1-3H3/b10-7-,11-8-,12-9-,19-16-,20-17-,21-18-,28-25-,29-26-,32-31-,35-34-,38-37-,41-40-,44-43-,48-27-. The van der Waals surface area contributed by atoms with E-state index in [4.69, 9.17) is 14.2 Å². The third-order valence-electron chi connectivity index (χ3n) is 13.7. The second kappa shape index (κ2) is 69.3. The fourth-order valence-corrected chi connectivity index (χ4v) is 8.78. The summed E-state index contributed by atoms with van der Waals surface area (Å²) in [6.45, 7) is 6.27. The first-order valence-corrected chi connectivity index (χ1v) is 33.6. The molecular formula is C77H122O6. The van der Waals surface area contributed by atoms with Crippen molar-refractivity contribution < 1.29 is 28.6 Å². The van der Waals surface area contributed by atoms with E-state index in [1.54, 1.807) is 0 Å². The van der Waals surface area contributed by atoms with Gasteiger partial charge in [-0.1, -0.05) is 281 Å². The van der Waals surface area contributed by atoms with Crippen LogP contribution in [-0.4, -0.2) is 37.2 Å². The number of esters is 3. The minimum atomic E-state index is -0.804. The summed E-state index contributed by atoms with van der Waals surface area (Å²) in [6.07, 6.45) is 102. The molecule has 0 bridgehead atoms. The minimum absolute atomic E-state index is 0.0988. The molecule has 0 N–H and O–H groups in total. The molecule has 83 heavy (non-hydrogen) atoms. The fraction of sp³-hybridized carbons (Fsp3) is 0.597. The lowest BCUT2D eigenvalue weighted by Gasteiger charge is -2.18. The maximum Gasteiger partial charge on any atom is 0.306 e. The number of ether oxygens (including phenoxy) is 3. The van der Waals surface area contributed by atoms with Crippen molar-refractivity contribution in [1.82, 2.24) is 0 Å². The van der Waals surface area contributed by atoms with Crippen LogP contribution in [0.4, 0.5) is 0 Å². The van der Waals surface area contributed by atoms with Gasteiger partial charge in [0.25, 0.3) is 0 Å². The van der Waals surface area contributed by atoms with E-state index in [9.17, 15) is 14.4 Å². The lowest BCUT2D eigenvalue weighted by Crippen LogP contribution is -2.30. The van der Waals surface area contributed by atoms with Gasteiger partial charge in [-0.2, -0.15) is 0 Å². The topological polar surface area (TPSA) is 78.9 Å². The van der Waals surface area contributed by atoms with E-state index in [-0.39, 0.29) is 31.1 Å². The van der Waals surface area contributed by atoms with Gasteiger partial charge in [-0.15, -0.1) is 0 Å². The molecule has 0 aromatic rings. The molecule has 0 saturated carbocycles. The van der Waals surface area contributed by atoms with Gasteiger partial charge in [0.1, 0.15) is 13.2 Å². The van der Waals surface area contributed by atoms with E-state index < -0.39 is 6.10 Å². The van der Waals surface area contributed by atoms with Crippen LogP contribution in [0.1, 0.15) is 278 Å². The van der Waals surface area contributed by atoms with E-state index in [0.29, 0.717) is 19.3 Å². The van der Waals surface area contributed by atoms with Crippen LogP contribution in [0, 0.1) is 0 Å². The summed E-state index contributed by atoms with van der Waals surface area (Å²) in [6, 6.07) is 0. The van der Waals surface area contributed by atoms with Crippen molar-refractivity contribution >= 4 is 17.9 Å². The highest BCUT2D eigenvalue weighted by molar-refractivity contribution is 5.71. The summed E-state index contributed by atoms with van der Waals surface area (Å²) in [7, 11) is 0. The first-order chi connectivity index (χ1) is 41.0. The molecule has 0 heterocycles. The molecule has 1 atom stereocenters. The van der Waals surface area contributed by atoms with E-state index in [1.807, 2.05) is 0 Å². The first-order valence-electron chi connectivity index (χ1n) is 33.6. The normalized spacial score (nSPS) is 13.2. The van der Waals surface area contributed by atoms with Gasteiger partial charge in [0.15, 0.2) is 6.10 Å². The Labute approximate surface area is 511 Å². The number of carbonyl (C=O) groups is 3.